The third kappa shape index (κ3) is 4.23. The summed E-state index contributed by atoms with van der Waals surface area (Å²) >= 11 is 1.61. The number of piperidine rings is 1. The van der Waals surface area contributed by atoms with E-state index in [2.05, 4.69) is 40.7 Å². The van der Waals surface area contributed by atoms with Crippen molar-refractivity contribution in [2.75, 3.05) is 13.1 Å². The number of nitrogens with zero attached hydrogens (tertiary/aromatic N) is 4. The smallest absolute Gasteiger partial charge is 0.223 e. The van der Waals surface area contributed by atoms with Crippen molar-refractivity contribution in [2.24, 2.45) is 5.41 Å². The van der Waals surface area contributed by atoms with Crippen LogP contribution in [0.15, 0.2) is 23.3 Å². The van der Waals surface area contributed by atoms with E-state index < -0.39 is 0 Å². The van der Waals surface area contributed by atoms with Crippen LogP contribution in [0.5, 0.6) is 0 Å². The van der Waals surface area contributed by atoms with E-state index in [1.54, 1.807) is 11.3 Å². The summed E-state index contributed by atoms with van der Waals surface area (Å²) in [6, 6.07) is 0. The van der Waals surface area contributed by atoms with Crippen LogP contribution in [0.2, 0.25) is 0 Å². The van der Waals surface area contributed by atoms with Gasteiger partial charge in [-0.25, -0.2) is 9.97 Å². The maximum Gasteiger partial charge on any atom is 0.223 e. The molecule has 1 aliphatic heterocycles. The van der Waals surface area contributed by atoms with Gasteiger partial charge in [0.2, 0.25) is 5.91 Å². The third-order valence-electron chi connectivity index (χ3n) is 4.38. The number of likely N-dealkylation sites (tertiary alicyclic amines) is 1. The Morgan fingerprint density at radius 2 is 2.21 bits per heavy atom. The lowest BCUT2D eigenvalue weighted by atomic mass is 9.90. The SMILES string of the molecule is CC(C)(C)CC(=O)N1CCC[C@H](c2nccn2Cc2cscn2)C1. The fraction of sp³-hybridized carbons (Fsp3) is 0.611. The molecule has 130 valence electrons. The molecule has 0 bridgehead atoms. The quantitative estimate of drug-likeness (QED) is 0.851. The Kier molecular flexibility index (Phi) is 5.04. The Hall–Kier alpha value is -1.69. The molecule has 0 aliphatic carbocycles. The normalized spacial score (nSPS) is 18.8. The molecule has 0 radical (unpaired) electrons. The minimum Gasteiger partial charge on any atom is -0.342 e. The lowest BCUT2D eigenvalue weighted by molar-refractivity contribution is -0.134. The number of hydrogen-bond donors (Lipinski definition) is 0. The van der Waals surface area contributed by atoms with E-state index in [9.17, 15) is 4.79 Å². The highest BCUT2D eigenvalue weighted by Gasteiger charge is 2.29. The van der Waals surface area contributed by atoms with E-state index >= 15 is 0 Å². The standard InChI is InChI=1S/C18H26N4OS/c1-18(2,3)9-16(23)21-7-4-5-14(10-21)17-19-6-8-22(17)11-15-12-24-13-20-15/h6,8,12-14H,4-5,7,9-11H2,1-3H3/t14-/m0/s1. The summed E-state index contributed by atoms with van der Waals surface area (Å²) in [6.45, 7) is 8.76. The summed E-state index contributed by atoms with van der Waals surface area (Å²) in [7, 11) is 0. The molecule has 6 heteroatoms. The van der Waals surface area contributed by atoms with Crippen LogP contribution in [0.25, 0.3) is 0 Å². The molecule has 3 heterocycles. The molecule has 3 rings (SSSR count). The molecule has 0 unspecified atom stereocenters. The third-order valence-corrected chi connectivity index (χ3v) is 5.02. The molecule has 1 amide bonds. The van der Waals surface area contributed by atoms with Gasteiger partial charge in [0.25, 0.3) is 0 Å². The van der Waals surface area contributed by atoms with Gasteiger partial charge in [0.05, 0.1) is 17.7 Å². The number of thiazole rings is 1. The van der Waals surface area contributed by atoms with Gasteiger partial charge in [-0.05, 0) is 18.3 Å². The summed E-state index contributed by atoms with van der Waals surface area (Å²) < 4.78 is 2.18. The zero-order valence-corrected chi connectivity index (χ0v) is 15.6. The first kappa shape index (κ1) is 17.1. The van der Waals surface area contributed by atoms with Gasteiger partial charge in [-0.2, -0.15) is 0 Å². The molecule has 1 saturated heterocycles. The van der Waals surface area contributed by atoms with Crippen molar-refractivity contribution in [3.05, 3.63) is 34.8 Å². The minimum absolute atomic E-state index is 0.0348. The Bertz CT molecular complexity index is 672. The van der Waals surface area contributed by atoms with Crippen LogP contribution < -0.4 is 0 Å². The molecule has 24 heavy (non-hydrogen) atoms. The zero-order valence-electron chi connectivity index (χ0n) is 14.7. The molecule has 1 atom stereocenters. The van der Waals surface area contributed by atoms with Gasteiger partial charge in [0.15, 0.2) is 0 Å². The lowest BCUT2D eigenvalue weighted by Crippen LogP contribution is -2.41. The molecule has 2 aromatic rings. The summed E-state index contributed by atoms with van der Waals surface area (Å²) in [4.78, 5) is 23.5. The molecular weight excluding hydrogens is 320 g/mol. The highest BCUT2D eigenvalue weighted by molar-refractivity contribution is 7.07. The predicted molar refractivity (Wildman–Crippen MR) is 96.1 cm³/mol. The van der Waals surface area contributed by atoms with Crippen LogP contribution in [0, 0.1) is 5.41 Å². The van der Waals surface area contributed by atoms with Crippen molar-refractivity contribution >= 4 is 17.2 Å². The van der Waals surface area contributed by atoms with Gasteiger partial charge in [-0.3, -0.25) is 4.79 Å². The molecule has 5 nitrogen and oxygen atoms in total. The molecule has 2 aromatic heterocycles. The minimum atomic E-state index is 0.0348. The van der Waals surface area contributed by atoms with E-state index in [4.69, 9.17) is 0 Å². The number of hydrogen-bond acceptors (Lipinski definition) is 4. The number of aromatic nitrogens is 3. The van der Waals surface area contributed by atoms with Crippen molar-refractivity contribution in [2.45, 2.75) is 52.5 Å². The van der Waals surface area contributed by atoms with E-state index in [1.807, 2.05) is 22.8 Å². The maximum atomic E-state index is 12.6. The summed E-state index contributed by atoms with van der Waals surface area (Å²) in [5.41, 5.74) is 2.96. The van der Waals surface area contributed by atoms with E-state index in [0.717, 1.165) is 44.0 Å². The molecule has 0 saturated carbocycles. The number of carbonyl (C=O) groups is 1. The molecular formula is C18H26N4OS. The summed E-state index contributed by atoms with van der Waals surface area (Å²) in [5.74, 6) is 1.66. The Labute approximate surface area is 147 Å². The van der Waals surface area contributed by atoms with Gasteiger partial charge in [-0.15, -0.1) is 11.3 Å². The summed E-state index contributed by atoms with van der Waals surface area (Å²) in [6.07, 6.45) is 6.62. The Morgan fingerprint density at radius 1 is 1.38 bits per heavy atom. The van der Waals surface area contributed by atoms with Gasteiger partial charge in [-0.1, -0.05) is 20.8 Å². The van der Waals surface area contributed by atoms with E-state index in [1.165, 1.54) is 0 Å². The van der Waals surface area contributed by atoms with Crippen LogP contribution >= 0.6 is 11.3 Å². The van der Waals surface area contributed by atoms with Gasteiger partial charge in [0, 0.05) is 43.2 Å². The van der Waals surface area contributed by atoms with Crippen LogP contribution in [0.4, 0.5) is 0 Å². The number of carbonyl (C=O) groups excluding carboxylic acids is 1. The van der Waals surface area contributed by atoms with Crippen molar-refractivity contribution in [1.82, 2.24) is 19.4 Å². The van der Waals surface area contributed by atoms with Gasteiger partial charge >= 0.3 is 0 Å². The molecule has 0 spiro atoms. The van der Waals surface area contributed by atoms with Crippen LogP contribution in [0.3, 0.4) is 0 Å². The van der Waals surface area contributed by atoms with Crippen LogP contribution in [-0.4, -0.2) is 38.4 Å². The van der Waals surface area contributed by atoms with Crippen molar-refractivity contribution in [1.29, 1.82) is 0 Å². The molecule has 0 N–H and O–H groups in total. The molecule has 0 aromatic carbocycles. The highest BCUT2D eigenvalue weighted by atomic mass is 32.1. The second-order valence-corrected chi connectivity index (χ2v) is 8.53. The molecule has 1 fully saturated rings. The van der Waals surface area contributed by atoms with Gasteiger partial charge < -0.3 is 9.47 Å². The maximum absolute atomic E-state index is 12.6. The Morgan fingerprint density at radius 3 is 2.92 bits per heavy atom. The largest absolute Gasteiger partial charge is 0.342 e. The highest BCUT2D eigenvalue weighted by Crippen LogP contribution is 2.28. The summed E-state index contributed by atoms with van der Waals surface area (Å²) in [5, 5.41) is 2.07. The number of rotatable bonds is 4. The fourth-order valence-corrected chi connectivity index (χ4v) is 3.83. The second-order valence-electron chi connectivity index (χ2n) is 7.81. The van der Waals surface area contributed by atoms with Crippen molar-refractivity contribution in [3.8, 4) is 0 Å². The first-order chi connectivity index (χ1) is 11.4. The van der Waals surface area contributed by atoms with E-state index in [0.29, 0.717) is 12.3 Å². The monoisotopic (exact) mass is 346 g/mol. The second kappa shape index (κ2) is 7.05. The lowest BCUT2D eigenvalue weighted by Gasteiger charge is -2.34. The topological polar surface area (TPSA) is 51.0 Å². The fourth-order valence-electron chi connectivity index (χ4n) is 3.28. The van der Waals surface area contributed by atoms with Crippen molar-refractivity contribution < 1.29 is 4.79 Å². The number of imidazole rings is 1. The number of amides is 1. The zero-order chi connectivity index (χ0) is 17.2. The van der Waals surface area contributed by atoms with Crippen molar-refractivity contribution in [3.63, 3.8) is 0 Å². The average molecular weight is 347 g/mol. The van der Waals surface area contributed by atoms with E-state index in [-0.39, 0.29) is 11.3 Å². The first-order valence-electron chi connectivity index (χ1n) is 8.58. The molecule has 1 aliphatic rings. The predicted octanol–water partition coefficient (Wildman–Crippen LogP) is 3.53. The van der Waals surface area contributed by atoms with Gasteiger partial charge in [0.1, 0.15) is 5.82 Å². The first-order valence-corrected chi connectivity index (χ1v) is 9.52. The average Bonchev–Trinajstić information content (AvgIpc) is 3.18. The van der Waals surface area contributed by atoms with Crippen LogP contribution in [-0.2, 0) is 11.3 Å². The Balaban J connectivity index is 1.69. The van der Waals surface area contributed by atoms with Crippen LogP contribution in [0.1, 0.15) is 57.5 Å².